The third-order valence-electron chi connectivity index (χ3n) is 26.2. The van der Waals surface area contributed by atoms with Gasteiger partial charge in [0.2, 0.25) is 5.91 Å². The zero-order chi connectivity index (χ0) is 98.1. The summed E-state index contributed by atoms with van der Waals surface area (Å²) in [5.74, 6) is 3.58. The number of imidazole rings is 8. The number of hydrogen-bond donors (Lipinski definition) is 11. The predicted octanol–water partition coefficient (Wildman–Crippen LogP) is 17.3. The van der Waals surface area contributed by atoms with Gasteiger partial charge >= 0.3 is 0 Å². The maximum Gasteiger partial charge on any atom is 0.227 e. The van der Waals surface area contributed by atoms with E-state index < -0.39 is 0 Å². The molecule has 1 aromatic carbocycles. The molecule has 2 saturated carbocycles. The molecule has 0 radical (unpaired) electrons. The van der Waals surface area contributed by atoms with Crippen LogP contribution in [0.3, 0.4) is 0 Å². The van der Waals surface area contributed by atoms with Crippen LogP contribution in [-0.2, 0) is 24.4 Å². The second kappa shape index (κ2) is 39.2. The molecule has 1 amide bonds. The Bertz CT molecular complexity index is 9060. The van der Waals surface area contributed by atoms with Crippen LogP contribution in [0.5, 0.6) is 0 Å². The number of nitrogens with zero attached hydrogens (tertiary/aromatic N) is 29. The van der Waals surface area contributed by atoms with Gasteiger partial charge in [0.15, 0.2) is 45.9 Å². The van der Waals surface area contributed by atoms with E-state index in [9.17, 15) is 4.79 Å². The van der Waals surface area contributed by atoms with Gasteiger partial charge in [-0.25, -0.2) is 69.8 Å². The Kier molecular flexibility index (Phi) is 24.0. The van der Waals surface area contributed by atoms with Crippen LogP contribution < -0.4 is 16.0 Å². The minimum absolute atomic E-state index is 0.0731. The van der Waals surface area contributed by atoms with Crippen molar-refractivity contribution in [2.75, 3.05) is 11.9 Å². The van der Waals surface area contributed by atoms with Crippen molar-refractivity contribution in [2.24, 2.45) is 11.8 Å². The minimum Gasteiger partial charge on any atom is -0.335 e. The molecule has 24 heterocycles. The average molecular weight is 1930 g/mol. The number of benzene rings is 1. The summed E-state index contributed by atoms with van der Waals surface area (Å²) in [4.78, 5) is 120. The summed E-state index contributed by atoms with van der Waals surface area (Å²) in [5.41, 5.74) is 30.6. The van der Waals surface area contributed by atoms with E-state index in [1.54, 1.807) is 112 Å². The molecule has 0 spiro atoms. The van der Waals surface area contributed by atoms with E-state index in [1.807, 2.05) is 144 Å². The number of amides is 1. The standard InChI is InChI=1S/C29H24N10.C28H26N10O.C28H28N10.C20H14N10/c1-18-16-39(17-34-18)25-15-32-14-24-27(25)36-29(35-24)26-23-8-22(13-33-28(23)38-37-26)21-7-20(11-31-12-21)10-30-9-19-5-3-2-4-6-19;1-16-14-38(15-32-16)23-13-30-12-22-25(23)35-27(34-22)24-21-8-19(10-31-26(21)37-36-24)18-7-20(11-29-9-18)33-28(39)17-5-3-2-4-6-17;1-17-15-38(16-33-17)24-14-31-13-23-26(24)35-28(34-23)25-22-7-21(12-32-27(22)37-36-25)20-6-19(10-30-11-20)9-29-8-18-4-2-3-5-18;1-11-8-30(10-25-11)16-7-21-6-15-18(16)27-20(26-15)17-14-2-12(5-24-19(14)29-28-17)13-3-22-9-23-4-13/h2-8,11-17,30H,9-10H2,1H3,(H,35,36)(H,33,37,38);7-15,17H,2-6H2,1H3,(H,33,39)(H,34,35)(H,31,36,37);6-7,10-16,18,29H,2-5,8-9H2,1H3,(H,34,35)(H,32,36,37);2-10H,1H3,(H,26,27)(H,24,28,29). The molecule has 718 valence electrons. The number of H-pyrrole nitrogens is 8. The normalized spacial score (nSPS) is 13.0. The lowest BCUT2D eigenvalue weighted by Crippen LogP contribution is -2.24. The summed E-state index contributed by atoms with van der Waals surface area (Å²) in [6.07, 6.45) is 63.0. The zero-order valence-corrected chi connectivity index (χ0v) is 79.4. The van der Waals surface area contributed by atoms with Gasteiger partial charge in [-0.05, 0) is 125 Å². The topological polar surface area (TPSA) is 521 Å². The lowest BCUT2D eigenvalue weighted by atomic mass is 9.88. The van der Waals surface area contributed by atoms with Gasteiger partial charge in [0.25, 0.3) is 0 Å². The second-order valence-corrected chi connectivity index (χ2v) is 36.5. The third kappa shape index (κ3) is 18.5. The van der Waals surface area contributed by atoms with Gasteiger partial charge in [0.1, 0.15) is 51.2 Å². The first-order valence-electron chi connectivity index (χ1n) is 47.9. The molecule has 41 heteroatoms. The van der Waals surface area contributed by atoms with Crippen LogP contribution in [0, 0.1) is 39.5 Å². The summed E-state index contributed by atoms with van der Waals surface area (Å²) in [6, 6.07) is 24.8. The molecule has 0 atom stereocenters. The summed E-state index contributed by atoms with van der Waals surface area (Å²) >= 11 is 0. The Labute approximate surface area is 829 Å². The van der Waals surface area contributed by atoms with Gasteiger partial charge < -0.3 is 54.2 Å². The number of nitrogens with one attached hydrogen (secondary N) is 11. The van der Waals surface area contributed by atoms with Crippen LogP contribution in [0.2, 0.25) is 0 Å². The number of carbonyl (C=O) groups excluding carboxylic acids is 1. The number of aromatic amines is 8. The highest BCUT2D eigenvalue weighted by Crippen LogP contribution is 2.39. The van der Waals surface area contributed by atoms with Crippen LogP contribution >= 0.6 is 0 Å². The molecule has 27 rings (SSSR count). The molecule has 0 saturated heterocycles. The molecular weight excluding hydrogens is 1840 g/mol. The summed E-state index contributed by atoms with van der Waals surface area (Å²) in [7, 11) is 0. The second-order valence-electron chi connectivity index (χ2n) is 36.5. The maximum atomic E-state index is 12.8. The molecule has 146 heavy (non-hydrogen) atoms. The zero-order valence-electron chi connectivity index (χ0n) is 79.4. The highest BCUT2D eigenvalue weighted by molar-refractivity contribution is 6.00. The number of aromatic nitrogens is 37. The van der Waals surface area contributed by atoms with E-state index in [0.717, 1.165) is 235 Å². The van der Waals surface area contributed by atoms with Gasteiger partial charge in [0, 0.05) is 163 Å². The van der Waals surface area contributed by atoms with Crippen molar-refractivity contribution in [3.8, 4) is 113 Å². The van der Waals surface area contributed by atoms with Crippen molar-refractivity contribution in [3.05, 3.63) is 293 Å². The number of rotatable bonds is 22. The molecule has 0 aliphatic heterocycles. The number of carbonyl (C=O) groups is 1. The van der Waals surface area contributed by atoms with Gasteiger partial charge in [-0.2, -0.15) is 20.4 Å². The maximum absolute atomic E-state index is 12.8. The first-order valence-corrected chi connectivity index (χ1v) is 47.9. The quantitative estimate of drug-likeness (QED) is 0.0300. The number of aryl methyl sites for hydroxylation is 4. The SMILES string of the molecule is Cc1cn(-c2cncc3[nH]c(-c4[nH]nc5ncc(-c6cncc(CNCC7CCCC7)c6)cc45)nc23)cn1.Cc1cn(-c2cncc3[nH]c(-c4[nH]nc5ncc(-c6cncc(CNCc7ccccc7)c6)cc45)nc23)cn1.Cc1cn(-c2cncc3[nH]c(-c4[nH]nc5ncc(-c6cncc(NC(=O)C7CCCCC7)c6)cc45)nc23)cn1.Cc1cn(-c2cncc3[nH]c(-c4[nH]nc5ncc(-c6cncnc6)cc45)nc23)cn1. The van der Waals surface area contributed by atoms with Crippen molar-refractivity contribution < 1.29 is 4.79 Å². The Morgan fingerprint density at radius 1 is 0.329 bits per heavy atom. The number of anilines is 1. The van der Waals surface area contributed by atoms with Crippen molar-refractivity contribution in [1.29, 1.82) is 0 Å². The molecule has 25 aromatic rings. The van der Waals surface area contributed by atoms with Crippen molar-refractivity contribution in [1.82, 2.24) is 194 Å². The van der Waals surface area contributed by atoms with Gasteiger partial charge in [-0.3, -0.25) is 60.1 Å². The van der Waals surface area contributed by atoms with E-state index in [4.69, 9.17) is 19.9 Å². The van der Waals surface area contributed by atoms with Crippen LogP contribution in [0.15, 0.2) is 253 Å². The van der Waals surface area contributed by atoms with Gasteiger partial charge in [0.05, 0.1) is 176 Å². The van der Waals surface area contributed by atoms with Gasteiger partial charge in [-0.15, -0.1) is 0 Å². The van der Waals surface area contributed by atoms with Crippen molar-refractivity contribution in [3.63, 3.8) is 0 Å². The van der Waals surface area contributed by atoms with E-state index in [2.05, 4.69) is 198 Å². The molecule has 0 unspecified atom stereocenters. The molecular formula is C105H92N40O. The lowest BCUT2D eigenvalue weighted by molar-refractivity contribution is -0.120. The molecule has 2 aliphatic carbocycles. The largest absolute Gasteiger partial charge is 0.335 e. The van der Waals surface area contributed by atoms with E-state index in [1.165, 1.54) is 49.6 Å². The van der Waals surface area contributed by atoms with Crippen LogP contribution in [0.25, 0.3) is 202 Å². The van der Waals surface area contributed by atoms with E-state index >= 15 is 0 Å². The first kappa shape index (κ1) is 89.6. The monoisotopic (exact) mass is 1930 g/mol. The summed E-state index contributed by atoms with van der Waals surface area (Å²) in [5, 5.41) is 43.5. The highest BCUT2D eigenvalue weighted by atomic mass is 16.1. The first-order chi connectivity index (χ1) is 71.8. The third-order valence-corrected chi connectivity index (χ3v) is 26.2. The Morgan fingerprint density at radius 2 is 0.664 bits per heavy atom. The summed E-state index contributed by atoms with van der Waals surface area (Å²) in [6.45, 7) is 11.2. The van der Waals surface area contributed by atoms with Crippen molar-refractivity contribution in [2.45, 2.75) is 105 Å². The smallest absolute Gasteiger partial charge is 0.227 e. The fraction of sp³-hybridized carbons (Fsp3) is 0.181. The van der Waals surface area contributed by atoms with Crippen molar-refractivity contribution >= 4 is 99.9 Å². The molecule has 41 nitrogen and oxygen atoms in total. The predicted molar refractivity (Wildman–Crippen MR) is 551 cm³/mol. The molecule has 2 fully saturated rings. The molecule has 24 aromatic heterocycles. The lowest BCUT2D eigenvalue weighted by Gasteiger charge is -2.20. The fourth-order valence-corrected chi connectivity index (χ4v) is 18.9. The fourth-order valence-electron chi connectivity index (χ4n) is 18.9. The number of hydrogen-bond acceptors (Lipinski definition) is 28. The minimum atomic E-state index is 0.0731. The summed E-state index contributed by atoms with van der Waals surface area (Å²) < 4.78 is 7.68. The van der Waals surface area contributed by atoms with Crippen LogP contribution in [-0.4, -0.2) is 196 Å². The molecule has 11 N–H and O–H groups in total. The van der Waals surface area contributed by atoms with E-state index in [-0.39, 0.29) is 11.8 Å². The van der Waals surface area contributed by atoms with Gasteiger partial charge in [-0.1, -0.05) is 62.4 Å². The average Bonchev–Trinajstić information content (AvgIpc) is 1.62. The highest BCUT2D eigenvalue weighted by Gasteiger charge is 2.27. The van der Waals surface area contributed by atoms with E-state index in [0.29, 0.717) is 58.1 Å². The van der Waals surface area contributed by atoms with Crippen LogP contribution in [0.1, 0.15) is 97.3 Å². The molecule has 2 aliphatic rings. The Hall–Kier alpha value is -19.1. The Morgan fingerprint density at radius 3 is 1.05 bits per heavy atom. The Balaban J connectivity index is 0.000000105. The number of fused-ring (bicyclic) bond motifs is 8. The van der Waals surface area contributed by atoms with Crippen LogP contribution in [0.4, 0.5) is 5.69 Å². The molecule has 0 bridgehead atoms. The number of pyridine rings is 11.